The second-order valence-electron chi connectivity index (χ2n) is 4.28. The SMILES string of the molecule is CC(C)[C@@H](NC(=O)Nc1ccc(Cl)cc1I)C(=O)O. The summed E-state index contributed by atoms with van der Waals surface area (Å²) in [5.41, 5.74) is 0.579. The molecule has 0 radical (unpaired) electrons. The number of hydrogen-bond acceptors (Lipinski definition) is 2. The van der Waals surface area contributed by atoms with E-state index in [1.54, 1.807) is 32.0 Å². The van der Waals surface area contributed by atoms with Crippen LogP contribution in [0.5, 0.6) is 0 Å². The van der Waals surface area contributed by atoms with Gasteiger partial charge in [0.1, 0.15) is 6.04 Å². The van der Waals surface area contributed by atoms with Gasteiger partial charge in [0.2, 0.25) is 0 Å². The van der Waals surface area contributed by atoms with Crippen LogP contribution >= 0.6 is 34.2 Å². The van der Waals surface area contributed by atoms with E-state index in [1.807, 2.05) is 22.6 Å². The Morgan fingerprint density at radius 3 is 2.47 bits per heavy atom. The Balaban J connectivity index is 2.72. The summed E-state index contributed by atoms with van der Waals surface area (Å²) in [4.78, 5) is 22.7. The van der Waals surface area contributed by atoms with Gasteiger partial charge in [0.05, 0.1) is 5.69 Å². The van der Waals surface area contributed by atoms with Crippen LogP contribution in [0.2, 0.25) is 5.02 Å². The first kappa shape index (κ1) is 16.0. The Morgan fingerprint density at radius 1 is 1.37 bits per heavy atom. The number of hydrogen-bond donors (Lipinski definition) is 3. The molecule has 7 heteroatoms. The lowest BCUT2D eigenvalue weighted by atomic mass is 10.1. The van der Waals surface area contributed by atoms with Crippen molar-refractivity contribution >= 4 is 51.9 Å². The molecular formula is C12H14ClIN2O3. The van der Waals surface area contributed by atoms with Crippen LogP contribution in [-0.4, -0.2) is 23.1 Å². The fourth-order valence-corrected chi connectivity index (χ4v) is 2.41. The molecule has 1 atom stereocenters. The molecule has 0 saturated carbocycles. The van der Waals surface area contributed by atoms with Crippen molar-refractivity contribution in [2.75, 3.05) is 5.32 Å². The van der Waals surface area contributed by atoms with Crippen LogP contribution in [0.15, 0.2) is 18.2 Å². The Kier molecular flexibility index (Phi) is 5.86. The van der Waals surface area contributed by atoms with Crippen molar-refractivity contribution in [1.29, 1.82) is 0 Å². The van der Waals surface area contributed by atoms with E-state index in [-0.39, 0.29) is 5.92 Å². The summed E-state index contributed by atoms with van der Waals surface area (Å²) >= 11 is 7.85. The van der Waals surface area contributed by atoms with E-state index in [0.717, 1.165) is 3.57 Å². The highest BCUT2D eigenvalue weighted by molar-refractivity contribution is 14.1. The molecule has 19 heavy (non-hydrogen) atoms. The van der Waals surface area contributed by atoms with Gasteiger partial charge in [0.25, 0.3) is 0 Å². The second-order valence-corrected chi connectivity index (χ2v) is 5.88. The molecule has 0 heterocycles. The summed E-state index contributed by atoms with van der Waals surface area (Å²) in [6.45, 7) is 3.45. The fourth-order valence-electron chi connectivity index (χ4n) is 1.40. The molecular weight excluding hydrogens is 383 g/mol. The van der Waals surface area contributed by atoms with Crippen LogP contribution in [0.3, 0.4) is 0 Å². The predicted molar refractivity (Wildman–Crippen MR) is 82.6 cm³/mol. The van der Waals surface area contributed by atoms with Gasteiger partial charge >= 0.3 is 12.0 Å². The molecule has 0 saturated heterocycles. The maximum atomic E-state index is 11.7. The third-order valence-electron chi connectivity index (χ3n) is 2.40. The highest BCUT2D eigenvalue weighted by Crippen LogP contribution is 2.22. The summed E-state index contributed by atoms with van der Waals surface area (Å²) in [6.07, 6.45) is 0. The van der Waals surface area contributed by atoms with E-state index < -0.39 is 18.0 Å². The van der Waals surface area contributed by atoms with Crippen LogP contribution in [0.1, 0.15) is 13.8 Å². The average Bonchev–Trinajstić information content (AvgIpc) is 2.29. The standard InChI is InChI=1S/C12H14ClIN2O3/c1-6(2)10(11(17)18)16-12(19)15-9-4-3-7(13)5-8(9)14/h3-6,10H,1-2H3,(H,17,18)(H2,15,16,19)/t10-/m1/s1. The molecule has 0 aliphatic carbocycles. The number of rotatable bonds is 4. The first-order valence-corrected chi connectivity index (χ1v) is 7.02. The van der Waals surface area contributed by atoms with Crippen molar-refractivity contribution in [3.63, 3.8) is 0 Å². The molecule has 0 aromatic heterocycles. The van der Waals surface area contributed by atoms with E-state index >= 15 is 0 Å². The quantitative estimate of drug-likeness (QED) is 0.684. The number of carbonyl (C=O) groups is 2. The molecule has 5 nitrogen and oxygen atoms in total. The number of carboxylic acid groups (broad SMARTS) is 1. The number of aliphatic carboxylic acids is 1. The molecule has 3 N–H and O–H groups in total. The van der Waals surface area contributed by atoms with Crippen molar-refractivity contribution in [3.05, 3.63) is 26.8 Å². The summed E-state index contributed by atoms with van der Waals surface area (Å²) in [6, 6.07) is 3.53. The Labute approximate surface area is 129 Å². The van der Waals surface area contributed by atoms with Crippen LogP contribution in [0, 0.1) is 9.49 Å². The molecule has 0 unspecified atom stereocenters. The van der Waals surface area contributed by atoms with Crippen LogP contribution in [0.25, 0.3) is 0 Å². The van der Waals surface area contributed by atoms with E-state index in [2.05, 4.69) is 10.6 Å². The largest absolute Gasteiger partial charge is 0.480 e. The van der Waals surface area contributed by atoms with Crippen molar-refractivity contribution in [1.82, 2.24) is 5.32 Å². The molecule has 0 aliphatic rings. The molecule has 2 amide bonds. The first-order valence-electron chi connectivity index (χ1n) is 5.56. The van der Waals surface area contributed by atoms with Gasteiger partial charge in [0.15, 0.2) is 0 Å². The minimum absolute atomic E-state index is 0.201. The van der Waals surface area contributed by atoms with Crippen molar-refractivity contribution in [2.45, 2.75) is 19.9 Å². The first-order chi connectivity index (χ1) is 8.81. The second kappa shape index (κ2) is 6.95. The van der Waals surface area contributed by atoms with Gasteiger partial charge in [-0.2, -0.15) is 0 Å². The number of halogens is 2. The third-order valence-corrected chi connectivity index (χ3v) is 3.53. The van der Waals surface area contributed by atoms with Crippen LogP contribution in [0.4, 0.5) is 10.5 Å². The van der Waals surface area contributed by atoms with Crippen molar-refractivity contribution < 1.29 is 14.7 Å². The molecule has 1 rings (SSSR count). The Hall–Kier alpha value is -1.02. The predicted octanol–water partition coefficient (Wildman–Crippen LogP) is 3.18. The summed E-state index contributed by atoms with van der Waals surface area (Å²) in [7, 11) is 0. The van der Waals surface area contributed by atoms with Gasteiger partial charge in [-0.1, -0.05) is 25.4 Å². The molecule has 1 aromatic carbocycles. The molecule has 0 aliphatic heterocycles. The highest BCUT2D eigenvalue weighted by atomic mass is 127. The zero-order chi connectivity index (χ0) is 14.6. The zero-order valence-corrected chi connectivity index (χ0v) is 13.3. The molecule has 0 spiro atoms. The van der Waals surface area contributed by atoms with Gasteiger partial charge in [-0.25, -0.2) is 9.59 Å². The number of anilines is 1. The zero-order valence-electron chi connectivity index (χ0n) is 10.4. The maximum absolute atomic E-state index is 11.7. The van der Waals surface area contributed by atoms with E-state index in [0.29, 0.717) is 10.7 Å². The number of carbonyl (C=O) groups excluding carboxylic acids is 1. The number of nitrogens with one attached hydrogen (secondary N) is 2. The smallest absolute Gasteiger partial charge is 0.326 e. The molecule has 104 valence electrons. The third kappa shape index (κ3) is 4.87. The normalized spacial score (nSPS) is 12.1. The Bertz CT molecular complexity index is 494. The van der Waals surface area contributed by atoms with Crippen molar-refractivity contribution in [2.24, 2.45) is 5.92 Å². The van der Waals surface area contributed by atoms with E-state index in [9.17, 15) is 9.59 Å². The monoisotopic (exact) mass is 396 g/mol. The number of urea groups is 1. The summed E-state index contributed by atoms with van der Waals surface area (Å²) in [5.74, 6) is -1.26. The van der Waals surface area contributed by atoms with E-state index in [4.69, 9.17) is 16.7 Å². The minimum Gasteiger partial charge on any atom is -0.480 e. The minimum atomic E-state index is -1.06. The topological polar surface area (TPSA) is 78.4 Å². The lowest BCUT2D eigenvalue weighted by Crippen LogP contribution is -2.46. The Morgan fingerprint density at radius 2 is 2.00 bits per heavy atom. The summed E-state index contributed by atoms with van der Waals surface area (Å²) < 4.78 is 0.775. The number of benzene rings is 1. The lowest BCUT2D eigenvalue weighted by molar-refractivity contribution is -0.140. The molecule has 1 aromatic rings. The maximum Gasteiger partial charge on any atom is 0.326 e. The van der Waals surface area contributed by atoms with Crippen molar-refractivity contribution in [3.8, 4) is 0 Å². The molecule has 0 bridgehead atoms. The van der Waals surface area contributed by atoms with Gasteiger partial charge < -0.3 is 15.7 Å². The van der Waals surface area contributed by atoms with Gasteiger partial charge in [-0.05, 0) is 46.7 Å². The van der Waals surface area contributed by atoms with Gasteiger partial charge in [-0.3, -0.25) is 0 Å². The average molecular weight is 397 g/mol. The number of amides is 2. The van der Waals surface area contributed by atoms with Gasteiger partial charge in [0, 0.05) is 8.59 Å². The van der Waals surface area contributed by atoms with Gasteiger partial charge in [-0.15, -0.1) is 0 Å². The fraction of sp³-hybridized carbons (Fsp3) is 0.333. The molecule has 0 fully saturated rings. The lowest BCUT2D eigenvalue weighted by Gasteiger charge is -2.18. The van der Waals surface area contributed by atoms with E-state index in [1.165, 1.54) is 0 Å². The number of carboxylic acids is 1. The van der Waals surface area contributed by atoms with Crippen LogP contribution in [-0.2, 0) is 4.79 Å². The van der Waals surface area contributed by atoms with Crippen LogP contribution < -0.4 is 10.6 Å². The summed E-state index contributed by atoms with van der Waals surface area (Å²) in [5, 5.41) is 14.6. The highest BCUT2D eigenvalue weighted by Gasteiger charge is 2.23.